The van der Waals surface area contributed by atoms with Crippen LogP contribution >= 0.6 is 23.1 Å². The molecule has 0 saturated heterocycles. The first-order valence-electron chi connectivity index (χ1n) is 19.3. The third-order valence-corrected chi connectivity index (χ3v) is 12.9. The number of rotatable bonds is 10. The van der Waals surface area contributed by atoms with Crippen molar-refractivity contribution in [3.63, 3.8) is 0 Å². The van der Waals surface area contributed by atoms with Gasteiger partial charge in [0, 0.05) is 46.8 Å². The van der Waals surface area contributed by atoms with E-state index in [0.717, 1.165) is 38.8 Å². The van der Waals surface area contributed by atoms with Gasteiger partial charge >= 0.3 is 0 Å². The Morgan fingerprint density at radius 2 is 1.33 bits per heavy atom. The molecule has 1 aromatic heterocycles. The number of hydrogen-bond acceptors (Lipinski definition) is 4. The number of anilines is 3. The van der Waals surface area contributed by atoms with Gasteiger partial charge in [0.25, 0.3) is 5.01 Å². The number of thiazole rings is 1. The number of aromatic nitrogens is 1. The molecule has 1 aliphatic heterocycles. The van der Waals surface area contributed by atoms with Crippen molar-refractivity contribution in [2.45, 2.75) is 51.0 Å². The lowest BCUT2D eigenvalue weighted by molar-refractivity contribution is -0.668. The van der Waals surface area contributed by atoms with E-state index in [1.165, 1.54) is 80.6 Å². The SMILES string of the molecule is CCCN1/C(=C/C=C2\CCC(/C=C/c3sc4c5ccccc5ccc4[n+]3CCC)=C2N(c2ccccc2)c2ccccc2)Sc2c1ccc1ccccc21. The standard InChI is InChI=1S/C49H44N3S2/c1-3-33-50-43-29-25-35-15-11-13-21-41(35)48(43)53-45(50)31-27-37-23-24-38(47(37)52(39-17-7-5-8-18-39)40-19-9-6-10-20-40)28-32-46-51(34-4-2)44-30-26-36-16-12-14-22-42(36)49(44)54-46/h5-22,25-32H,3-4,23-24,33-34H2,1-2H3/q+1. The van der Waals surface area contributed by atoms with Gasteiger partial charge in [-0.05, 0) is 95.1 Å². The van der Waals surface area contributed by atoms with E-state index in [0.29, 0.717) is 0 Å². The van der Waals surface area contributed by atoms with E-state index in [1.807, 2.05) is 23.1 Å². The van der Waals surface area contributed by atoms with Crippen molar-refractivity contribution in [3.05, 3.63) is 179 Å². The van der Waals surface area contributed by atoms with E-state index in [-0.39, 0.29) is 0 Å². The van der Waals surface area contributed by atoms with Crippen LogP contribution in [0.4, 0.5) is 17.1 Å². The lowest BCUT2D eigenvalue weighted by Gasteiger charge is -2.28. The first kappa shape index (κ1) is 34.4. The Balaban J connectivity index is 1.19. The van der Waals surface area contributed by atoms with Gasteiger partial charge in [-0.3, -0.25) is 0 Å². The number of allylic oxidation sites excluding steroid dienone is 5. The van der Waals surface area contributed by atoms with Gasteiger partial charge in [-0.25, -0.2) is 0 Å². The molecule has 0 amide bonds. The summed E-state index contributed by atoms with van der Waals surface area (Å²) in [6, 6.07) is 48.5. The molecular formula is C49H44N3S2+. The molecular weight excluding hydrogens is 695 g/mol. The molecule has 0 N–H and O–H groups in total. The van der Waals surface area contributed by atoms with E-state index in [4.69, 9.17) is 0 Å². The van der Waals surface area contributed by atoms with Crippen LogP contribution in [0, 0.1) is 0 Å². The second-order valence-electron chi connectivity index (χ2n) is 14.0. The fourth-order valence-corrected chi connectivity index (χ4v) is 10.5. The van der Waals surface area contributed by atoms with Crippen LogP contribution in [0.5, 0.6) is 0 Å². The van der Waals surface area contributed by atoms with Crippen molar-refractivity contribution in [1.29, 1.82) is 0 Å². The van der Waals surface area contributed by atoms with Crippen LogP contribution in [0.25, 0.3) is 37.8 Å². The molecule has 7 aromatic rings. The van der Waals surface area contributed by atoms with Gasteiger partial charge in [0.1, 0.15) is 11.2 Å². The van der Waals surface area contributed by atoms with E-state index in [1.54, 1.807) is 0 Å². The minimum absolute atomic E-state index is 0.981. The summed E-state index contributed by atoms with van der Waals surface area (Å²) in [5.41, 5.74) is 8.97. The predicted molar refractivity (Wildman–Crippen MR) is 234 cm³/mol. The average Bonchev–Trinajstić information content (AvgIpc) is 3.91. The minimum Gasteiger partial charge on any atom is -0.335 e. The van der Waals surface area contributed by atoms with E-state index in [2.05, 4.69) is 186 Å². The van der Waals surface area contributed by atoms with Crippen LogP contribution in [0.1, 0.15) is 44.5 Å². The zero-order chi connectivity index (χ0) is 36.4. The monoisotopic (exact) mass is 738 g/mol. The van der Waals surface area contributed by atoms with Crippen molar-refractivity contribution in [3.8, 4) is 0 Å². The number of nitrogens with zero attached hydrogens (tertiary/aromatic N) is 3. The molecule has 0 spiro atoms. The molecule has 0 bridgehead atoms. The van der Waals surface area contributed by atoms with E-state index in [9.17, 15) is 0 Å². The highest BCUT2D eigenvalue weighted by atomic mass is 32.2. The highest BCUT2D eigenvalue weighted by Gasteiger charge is 2.29. The summed E-state index contributed by atoms with van der Waals surface area (Å²) in [7, 11) is 0. The van der Waals surface area contributed by atoms with Crippen LogP contribution in [0.2, 0.25) is 0 Å². The second-order valence-corrected chi connectivity index (χ2v) is 16.1. The lowest BCUT2D eigenvalue weighted by atomic mass is 10.1. The van der Waals surface area contributed by atoms with Crippen LogP contribution in [0.3, 0.4) is 0 Å². The number of fused-ring (bicyclic) bond motifs is 6. The summed E-state index contributed by atoms with van der Waals surface area (Å²) < 4.78 is 3.88. The summed E-state index contributed by atoms with van der Waals surface area (Å²) in [4.78, 5) is 6.36. The third-order valence-electron chi connectivity index (χ3n) is 10.5. The smallest absolute Gasteiger partial charge is 0.262 e. The maximum absolute atomic E-state index is 2.52. The predicted octanol–water partition coefficient (Wildman–Crippen LogP) is 13.6. The first-order chi connectivity index (χ1) is 26.7. The Morgan fingerprint density at radius 3 is 2.06 bits per heavy atom. The van der Waals surface area contributed by atoms with Gasteiger partial charge in [-0.1, -0.05) is 134 Å². The van der Waals surface area contributed by atoms with Crippen molar-refractivity contribution >= 4 is 78.0 Å². The Labute approximate surface area is 326 Å². The Hall–Kier alpha value is -5.36. The van der Waals surface area contributed by atoms with E-state index < -0.39 is 0 Å². The minimum atomic E-state index is 0.981. The summed E-state index contributed by atoms with van der Waals surface area (Å²) in [6.07, 6.45) is 13.7. The molecule has 2 heterocycles. The summed E-state index contributed by atoms with van der Waals surface area (Å²) in [6.45, 7) is 6.53. The van der Waals surface area contributed by atoms with Gasteiger partial charge in [0.15, 0.2) is 0 Å². The fraction of sp³-hybridized carbons (Fsp3) is 0.163. The van der Waals surface area contributed by atoms with Gasteiger partial charge < -0.3 is 9.80 Å². The number of thioether (sulfide) groups is 1. The molecule has 0 fully saturated rings. The number of aryl methyl sites for hydroxylation is 1. The van der Waals surface area contributed by atoms with Crippen molar-refractivity contribution in [2.24, 2.45) is 0 Å². The molecule has 1 aliphatic carbocycles. The number of para-hydroxylation sites is 2. The first-order valence-corrected chi connectivity index (χ1v) is 20.9. The van der Waals surface area contributed by atoms with Crippen molar-refractivity contribution in [2.75, 3.05) is 16.3 Å². The normalized spacial score (nSPS) is 15.9. The largest absolute Gasteiger partial charge is 0.335 e. The fourth-order valence-electron chi connectivity index (χ4n) is 8.05. The third kappa shape index (κ3) is 6.36. The molecule has 54 heavy (non-hydrogen) atoms. The Kier molecular flexibility index (Phi) is 9.67. The molecule has 0 saturated carbocycles. The quantitative estimate of drug-likeness (QED) is 0.129. The van der Waals surface area contributed by atoms with Crippen LogP contribution in [-0.2, 0) is 6.54 Å². The average molecular weight is 739 g/mol. The maximum atomic E-state index is 2.52. The van der Waals surface area contributed by atoms with Gasteiger partial charge in [-0.15, -0.1) is 0 Å². The lowest BCUT2D eigenvalue weighted by Crippen LogP contribution is -2.34. The highest BCUT2D eigenvalue weighted by molar-refractivity contribution is 8.04. The second kappa shape index (κ2) is 15.2. The van der Waals surface area contributed by atoms with Crippen LogP contribution < -0.4 is 14.4 Å². The Morgan fingerprint density at radius 1 is 0.667 bits per heavy atom. The summed E-state index contributed by atoms with van der Waals surface area (Å²) in [5, 5.41) is 7.85. The van der Waals surface area contributed by atoms with Gasteiger partial charge in [0.2, 0.25) is 5.52 Å². The van der Waals surface area contributed by atoms with Crippen molar-refractivity contribution in [1.82, 2.24) is 0 Å². The molecule has 9 rings (SSSR count). The maximum Gasteiger partial charge on any atom is 0.262 e. The zero-order valence-electron chi connectivity index (χ0n) is 30.9. The molecule has 0 radical (unpaired) electrons. The topological polar surface area (TPSA) is 10.4 Å². The summed E-state index contributed by atoms with van der Waals surface area (Å²) in [5.74, 6) is 0. The molecule has 3 nitrogen and oxygen atoms in total. The van der Waals surface area contributed by atoms with Crippen molar-refractivity contribution < 1.29 is 4.57 Å². The molecule has 0 unspecified atom stereocenters. The molecule has 6 aromatic carbocycles. The number of benzene rings is 6. The summed E-state index contributed by atoms with van der Waals surface area (Å²) >= 11 is 3.83. The molecule has 0 atom stereocenters. The van der Waals surface area contributed by atoms with E-state index >= 15 is 0 Å². The highest BCUT2D eigenvalue weighted by Crippen LogP contribution is 2.50. The Bertz CT molecular complexity index is 2570. The van der Waals surface area contributed by atoms with Crippen LogP contribution in [0.15, 0.2) is 178 Å². The molecule has 2 aliphatic rings. The van der Waals surface area contributed by atoms with Gasteiger partial charge in [0.05, 0.1) is 16.4 Å². The molecule has 5 heteroatoms. The zero-order valence-corrected chi connectivity index (χ0v) is 32.5. The number of hydrogen-bond donors (Lipinski definition) is 0. The van der Waals surface area contributed by atoms with Gasteiger partial charge in [-0.2, -0.15) is 4.57 Å². The van der Waals surface area contributed by atoms with Crippen LogP contribution in [-0.4, -0.2) is 6.54 Å². The molecule has 266 valence electrons.